The van der Waals surface area contributed by atoms with Crippen molar-refractivity contribution >= 4 is 11.4 Å². The molecule has 0 spiro atoms. The number of nitrogens with one attached hydrogen (secondary N) is 2. The number of rotatable bonds is 5. The van der Waals surface area contributed by atoms with Gasteiger partial charge in [0, 0.05) is 17.3 Å². The Hall–Kier alpha value is -2.27. The molecule has 1 saturated heterocycles. The lowest BCUT2D eigenvalue weighted by Crippen LogP contribution is -2.49. The monoisotopic (exact) mass is 392 g/mol. The van der Waals surface area contributed by atoms with Gasteiger partial charge in [-0.15, -0.1) is 0 Å². The molecule has 3 aliphatic rings. The van der Waals surface area contributed by atoms with Crippen LogP contribution in [0.25, 0.3) is 0 Å². The molecule has 29 heavy (non-hydrogen) atoms. The van der Waals surface area contributed by atoms with Crippen LogP contribution in [0.5, 0.6) is 5.75 Å². The number of aromatic amines is 1. The predicted molar refractivity (Wildman–Crippen MR) is 118 cm³/mol. The van der Waals surface area contributed by atoms with Crippen LogP contribution in [0.3, 0.4) is 0 Å². The molecule has 5 rings (SSSR count). The number of fused-ring (bicyclic) bond motifs is 1. The Kier molecular flexibility index (Phi) is 4.86. The molecule has 2 N–H and O–H groups in total. The minimum Gasteiger partial charge on any atom is -0.493 e. The zero-order valence-electron chi connectivity index (χ0n) is 17.8. The second-order valence-electron chi connectivity index (χ2n) is 8.96. The summed E-state index contributed by atoms with van der Waals surface area (Å²) in [6.45, 7) is 9.50. The zero-order chi connectivity index (χ0) is 20.0. The van der Waals surface area contributed by atoms with E-state index in [1.807, 2.05) is 0 Å². The standard InChI is InChI=1S/C24H32N4O/c1-15-4-7-22(29-14-18-5-6-18)20(12-15)23-24-21(13-16(2)26-24)28(17(3)27-23)19-8-10-25-11-9-19/h4,7,12-13,17-19,25-26H,5-6,8-11,14H2,1-3H3. The van der Waals surface area contributed by atoms with Crippen molar-refractivity contribution in [3.63, 3.8) is 0 Å². The van der Waals surface area contributed by atoms with Gasteiger partial charge in [-0.3, -0.25) is 4.99 Å². The van der Waals surface area contributed by atoms with E-state index in [-0.39, 0.29) is 6.17 Å². The number of hydrogen-bond donors (Lipinski definition) is 2. The maximum Gasteiger partial charge on any atom is 0.128 e. The van der Waals surface area contributed by atoms with Crippen molar-refractivity contribution in [2.75, 3.05) is 24.6 Å². The zero-order valence-corrected chi connectivity index (χ0v) is 17.8. The molecule has 154 valence electrons. The molecular weight excluding hydrogens is 360 g/mol. The lowest BCUT2D eigenvalue weighted by Gasteiger charge is -2.41. The number of hydrogen-bond acceptors (Lipinski definition) is 4. The molecule has 0 amide bonds. The van der Waals surface area contributed by atoms with Gasteiger partial charge in [-0.25, -0.2) is 0 Å². The van der Waals surface area contributed by atoms with Crippen molar-refractivity contribution in [2.24, 2.45) is 10.9 Å². The number of aliphatic imine (C=N–C) groups is 1. The SMILES string of the molecule is Cc1ccc(OCC2CC2)c(C2=NC(C)N(C3CCNCC3)c3cc(C)[nH]c32)c1. The summed E-state index contributed by atoms with van der Waals surface area (Å²) in [5.41, 5.74) is 7.01. The number of H-pyrrole nitrogens is 1. The fourth-order valence-electron chi connectivity index (χ4n) is 4.71. The quantitative estimate of drug-likeness (QED) is 0.803. The average Bonchev–Trinajstić information content (AvgIpc) is 3.46. The fraction of sp³-hybridized carbons (Fsp3) is 0.542. The Labute approximate surface area is 173 Å². The summed E-state index contributed by atoms with van der Waals surface area (Å²) in [6, 6.07) is 9.32. The third kappa shape index (κ3) is 3.68. The average molecular weight is 393 g/mol. The van der Waals surface area contributed by atoms with E-state index in [0.29, 0.717) is 6.04 Å². The first-order valence-corrected chi connectivity index (χ1v) is 11.1. The highest BCUT2D eigenvalue weighted by molar-refractivity contribution is 6.17. The summed E-state index contributed by atoms with van der Waals surface area (Å²) in [4.78, 5) is 11.4. The van der Waals surface area contributed by atoms with Gasteiger partial charge in [0.15, 0.2) is 0 Å². The summed E-state index contributed by atoms with van der Waals surface area (Å²) >= 11 is 0. The van der Waals surface area contributed by atoms with Gasteiger partial charge >= 0.3 is 0 Å². The van der Waals surface area contributed by atoms with Gasteiger partial charge in [0.05, 0.1) is 23.7 Å². The normalized spacial score (nSPS) is 22.4. The lowest BCUT2D eigenvalue weighted by molar-refractivity contribution is 0.299. The summed E-state index contributed by atoms with van der Waals surface area (Å²) in [6.07, 6.45) is 5.04. The van der Waals surface area contributed by atoms with Gasteiger partial charge < -0.3 is 19.9 Å². The molecule has 1 aromatic carbocycles. The van der Waals surface area contributed by atoms with Gasteiger partial charge in [0.1, 0.15) is 11.9 Å². The molecule has 0 bridgehead atoms. The number of piperidine rings is 1. The van der Waals surface area contributed by atoms with Crippen molar-refractivity contribution in [1.82, 2.24) is 10.3 Å². The van der Waals surface area contributed by atoms with Crippen LogP contribution in [-0.2, 0) is 0 Å². The van der Waals surface area contributed by atoms with Gasteiger partial charge in [0.2, 0.25) is 0 Å². The van der Waals surface area contributed by atoms with Crippen molar-refractivity contribution in [3.05, 3.63) is 46.8 Å². The Bertz CT molecular complexity index is 921. The molecule has 2 aliphatic heterocycles. The first kappa shape index (κ1) is 18.7. The van der Waals surface area contributed by atoms with Crippen molar-refractivity contribution < 1.29 is 4.74 Å². The number of anilines is 1. The van der Waals surface area contributed by atoms with E-state index in [1.54, 1.807) is 0 Å². The number of aromatic nitrogens is 1. The van der Waals surface area contributed by atoms with Gasteiger partial charge in [0.25, 0.3) is 0 Å². The van der Waals surface area contributed by atoms with Gasteiger partial charge in [-0.05, 0) is 83.7 Å². The molecular formula is C24H32N4O. The summed E-state index contributed by atoms with van der Waals surface area (Å²) < 4.78 is 6.25. The number of nitrogens with zero attached hydrogens (tertiary/aromatic N) is 2. The second-order valence-corrected chi connectivity index (χ2v) is 8.96. The van der Waals surface area contributed by atoms with E-state index >= 15 is 0 Å². The van der Waals surface area contributed by atoms with E-state index in [2.05, 4.69) is 60.2 Å². The van der Waals surface area contributed by atoms with Crippen LogP contribution in [0.2, 0.25) is 0 Å². The van der Waals surface area contributed by atoms with E-state index in [4.69, 9.17) is 9.73 Å². The topological polar surface area (TPSA) is 52.6 Å². The first-order chi connectivity index (χ1) is 14.1. The summed E-state index contributed by atoms with van der Waals surface area (Å²) in [5.74, 6) is 1.69. The molecule has 1 atom stereocenters. The molecule has 5 nitrogen and oxygen atoms in total. The van der Waals surface area contributed by atoms with Crippen LogP contribution in [0.15, 0.2) is 29.3 Å². The van der Waals surface area contributed by atoms with E-state index < -0.39 is 0 Å². The third-order valence-corrected chi connectivity index (χ3v) is 6.43. The number of aryl methyl sites for hydroxylation is 2. The Morgan fingerprint density at radius 2 is 1.90 bits per heavy atom. The van der Waals surface area contributed by atoms with E-state index in [1.165, 1.54) is 42.6 Å². The van der Waals surface area contributed by atoms with Crippen LogP contribution in [0.4, 0.5) is 5.69 Å². The van der Waals surface area contributed by atoms with Crippen LogP contribution < -0.4 is 15.0 Å². The number of benzene rings is 1. The largest absolute Gasteiger partial charge is 0.493 e. The molecule has 3 heterocycles. The predicted octanol–water partition coefficient (Wildman–Crippen LogP) is 4.18. The van der Waals surface area contributed by atoms with Gasteiger partial charge in [-0.2, -0.15) is 0 Å². The van der Waals surface area contributed by atoms with Gasteiger partial charge in [-0.1, -0.05) is 11.6 Å². The Morgan fingerprint density at radius 3 is 2.66 bits per heavy atom. The smallest absolute Gasteiger partial charge is 0.128 e. The number of ether oxygens (including phenoxy) is 1. The lowest BCUT2D eigenvalue weighted by atomic mass is 9.97. The highest BCUT2D eigenvalue weighted by Gasteiger charge is 2.34. The molecule has 0 radical (unpaired) electrons. The minimum atomic E-state index is 0.118. The molecule has 1 unspecified atom stereocenters. The van der Waals surface area contributed by atoms with Crippen molar-refractivity contribution in [2.45, 2.75) is 58.7 Å². The molecule has 1 aromatic heterocycles. The second kappa shape index (κ2) is 7.52. The molecule has 1 aliphatic carbocycles. The molecule has 5 heteroatoms. The fourth-order valence-corrected chi connectivity index (χ4v) is 4.71. The molecule has 2 fully saturated rings. The van der Waals surface area contributed by atoms with Crippen molar-refractivity contribution in [1.29, 1.82) is 0 Å². The van der Waals surface area contributed by atoms with Crippen LogP contribution in [0, 0.1) is 19.8 Å². The highest BCUT2D eigenvalue weighted by Crippen LogP contribution is 2.37. The third-order valence-electron chi connectivity index (χ3n) is 6.43. The van der Waals surface area contributed by atoms with E-state index in [0.717, 1.165) is 48.3 Å². The Balaban J connectivity index is 1.55. The maximum absolute atomic E-state index is 6.25. The van der Waals surface area contributed by atoms with Crippen molar-refractivity contribution in [3.8, 4) is 5.75 Å². The van der Waals surface area contributed by atoms with Crippen LogP contribution in [0.1, 0.15) is 55.1 Å². The molecule has 1 saturated carbocycles. The maximum atomic E-state index is 6.25. The minimum absolute atomic E-state index is 0.118. The van der Waals surface area contributed by atoms with E-state index in [9.17, 15) is 0 Å². The first-order valence-electron chi connectivity index (χ1n) is 11.1. The molecule has 2 aromatic rings. The van der Waals surface area contributed by atoms with Crippen LogP contribution >= 0.6 is 0 Å². The highest BCUT2D eigenvalue weighted by atomic mass is 16.5. The van der Waals surface area contributed by atoms with Crippen LogP contribution in [-0.4, -0.2) is 42.6 Å². The summed E-state index contributed by atoms with van der Waals surface area (Å²) in [5, 5.41) is 3.49. The summed E-state index contributed by atoms with van der Waals surface area (Å²) in [7, 11) is 0. The Morgan fingerprint density at radius 1 is 1.10 bits per heavy atom.